The van der Waals surface area contributed by atoms with Gasteiger partial charge >= 0.3 is 0 Å². The van der Waals surface area contributed by atoms with Crippen LogP contribution in [0.5, 0.6) is 0 Å². The largest absolute Gasteiger partial charge is 0.392 e. The molecule has 2 rings (SSSR count). The minimum atomic E-state index is 0.0120. The molecule has 2 atom stereocenters. The van der Waals surface area contributed by atoms with Gasteiger partial charge in [-0.2, -0.15) is 0 Å². The monoisotopic (exact) mass is 269 g/mol. The molecule has 1 saturated heterocycles. The fourth-order valence-electron chi connectivity index (χ4n) is 2.44. The Kier molecular flexibility index (Phi) is 4.49. The van der Waals surface area contributed by atoms with Crippen LogP contribution in [0, 0.1) is 0 Å². The van der Waals surface area contributed by atoms with Gasteiger partial charge in [0.15, 0.2) is 0 Å². The number of hydrogen-bond acceptors (Lipinski definition) is 3. The molecular weight excluding hydrogens is 250 g/mol. The first-order chi connectivity index (χ1) is 8.65. The molecule has 1 fully saturated rings. The molecule has 0 bridgehead atoms. The summed E-state index contributed by atoms with van der Waals surface area (Å²) in [6, 6.07) is 6.08. The Labute approximate surface area is 113 Å². The smallest absolute Gasteiger partial charge is 0.0723 e. The zero-order valence-electron chi connectivity index (χ0n) is 10.9. The molecule has 18 heavy (non-hydrogen) atoms. The lowest BCUT2D eigenvalue weighted by atomic mass is 10.1. The van der Waals surface area contributed by atoms with Gasteiger partial charge in [0.25, 0.3) is 0 Å². The van der Waals surface area contributed by atoms with E-state index in [0.29, 0.717) is 11.1 Å². The van der Waals surface area contributed by atoms with Crippen LogP contribution in [0.4, 0.5) is 5.69 Å². The summed E-state index contributed by atoms with van der Waals surface area (Å²) in [6.45, 7) is 5.84. The number of benzene rings is 1. The first-order valence-corrected chi connectivity index (χ1v) is 6.81. The number of aliphatic hydroxyl groups excluding tert-OH is 1. The van der Waals surface area contributed by atoms with E-state index in [-0.39, 0.29) is 12.7 Å². The van der Waals surface area contributed by atoms with Gasteiger partial charge in [0.2, 0.25) is 0 Å². The second-order valence-corrected chi connectivity index (χ2v) is 5.23. The molecule has 0 aliphatic carbocycles. The van der Waals surface area contributed by atoms with Gasteiger partial charge in [-0.25, -0.2) is 0 Å². The predicted octanol–water partition coefficient (Wildman–Crippen LogP) is 2.84. The topological polar surface area (TPSA) is 32.7 Å². The van der Waals surface area contributed by atoms with Crippen LogP contribution in [-0.4, -0.2) is 30.4 Å². The van der Waals surface area contributed by atoms with Gasteiger partial charge < -0.3 is 14.7 Å². The van der Waals surface area contributed by atoms with Crippen LogP contribution in [0.2, 0.25) is 5.02 Å². The molecule has 1 aromatic carbocycles. The summed E-state index contributed by atoms with van der Waals surface area (Å²) in [7, 11) is 0. The highest BCUT2D eigenvalue weighted by Crippen LogP contribution is 2.29. The summed E-state index contributed by atoms with van der Waals surface area (Å²) in [4.78, 5) is 2.33. The lowest BCUT2D eigenvalue weighted by Crippen LogP contribution is -2.49. The van der Waals surface area contributed by atoms with Crippen LogP contribution in [0.1, 0.15) is 25.8 Å². The Hall–Kier alpha value is -0.770. The Morgan fingerprint density at radius 2 is 2.28 bits per heavy atom. The molecule has 1 aromatic rings. The van der Waals surface area contributed by atoms with E-state index in [9.17, 15) is 5.11 Å². The molecule has 1 heterocycles. The Bertz CT molecular complexity index is 411. The highest BCUT2D eigenvalue weighted by molar-refractivity contribution is 6.30. The average molecular weight is 270 g/mol. The lowest BCUT2D eigenvalue weighted by molar-refractivity contribution is 0.0298. The molecule has 3 nitrogen and oxygen atoms in total. The van der Waals surface area contributed by atoms with Crippen LogP contribution in [-0.2, 0) is 11.3 Å². The van der Waals surface area contributed by atoms with Crippen molar-refractivity contribution in [3.8, 4) is 0 Å². The summed E-state index contributed by atoms with van der Waals surface area (Å²) in [5, 5.41) is 10.1. The first kappa shape index (κ1) is 13.7. The summed E-state index contributed by atoms with van der Waals surface area (Å²) in [6.07, 6.45) is 1.25. The highest BCUT2D eigenvalue weighted by atomic mass is 35.5. The van der Waals surface area contributed by atoms with Crippen molar-refractivity contribution in [2.45, 2.75) is 39.0 Å². The highest BCUT2D eigenvalue weighted by Gasteiger charge is 2.27. The third-order valence-electron chi connectivity index (χ3n) is 3.46. The molecule has 1 aliphatic rings. The number of ether oxygens (including phenoxy) is 1. The molecule has 0 amide bonds. The van der Waals surface area contributed by atoms with Crippen molar-refractivity contribution >= 4 is 17.3 Å². The maximum Gasteiger partial charge on any atom is 0.0723 e. The van der Waals surface area contributed by atoms with Gasteiger partial charge in [0, 0.05) is 22.8 Å². The normalized spacial score (nSPS) is 24.3. The lowest BCUT2D eigenvalue weighted by Gasteiger charge is -2.40. The van der Waals surface area contributed by atoms with Gasteiger partial charge in [-0.05, 0) is 31.5 Å². The SMILES string of the molecule is CCC1COC(C)CN1c1ccc(Cl)cc1CO. The number of anilines is 1. The first-order valence-electron chi connectivity index (χ1n) is 6.43. The number of morpholine rings is 1. The molecule has 1 N–H and O–H groups in total. The van der Waals surface area contributed by atoms with E-state index < -0.39 is 0 Å². The maximum absolute atomic E-state index is 9.48. The van der Waals surface area contributed by atoms with Gasteiger partial charge in [-0.15, -0.1) is 0 Å². The molecule has 2 unspecified atom stereocenters. The van der Waals surface area contributed by atoms with E-state index in [1.54, 1.807) is 0 Å². The van der Waals surface area contributed by atoms with E-state index in [1.807, 2.05) is 18.2 Å². The van der Waals surface area contributed by atoms with Crippen LogP contribution in [0.3, 0.4) is 0 Å². The number of rotatable bonds is 3. The molecule has 4 heteroatoms. The van der Waals surface area contributed by atoms with Crippen molar-refractivity contribution in [1.82, 2.24) is 0 Å². The molecule has 1 aliphatic heterocycles. The molecule has 0 aromatic heterocycles. The zero-order valence-corrected chi connectivity index (χ0v) is 11.7. The van der Waals surface area contributed by atoms with E-state index in [4.69, 9.17) is 16.3 Å². The summed E-state index contributed by atoms with van der Waals surface area (Å²) in [5.41, 5.74) is 1.96. The van der Waals surface area contributed by atoms with Crippen LogP contribution >= 0.6 is 11.6 Å². The number of aliphatic hydroxyl groups is 1. The maximum atomic E-state index is 9.48. The van der Waals surface area contributed by atoms with Crippen LogP contribution < -0.4 is 4.90 Å². The molecule has 0 radical (unpaired) electrons. The number of halogens is 1. The van der Waals surface area contributed by atoms with Crippen molar-refractivity contribution in [2.75, 3.05) is 18.1 Å². The van der Waals surface area contributed by atoms with Gasteiger partial charge in [-0.3, -0.25) is 0 Å². The van der Waals surface area contributed by atoms with Crippen molar-refractivity contribution in [1.29, 1.82) is 0 Å². The van der Waals surface area contributed by atoms with Crippen LogP contribution in [0.25, 0.3) is 0 Å². The summed E-state index contributed by atoms with van der Waals surface area (Å²) < 4.78 is 5.70. The van der Waals surface area contributed by atoms with Gasteiger partial charge in [0.05, 0.1) is 25.4 Å². The molecule has 0 saturated carbocycles. The third kappa shape index (κ3) is 2.79. The fourth-order valence-corrected chi connectivity index (χ4v) is 2.63. The van der Waals surface area contributed by atoms with Crippen molar-refractivity contribution in [3.05, 3.63) is 28.8 Å². The minimum Gasteiger partial charge on any atom is -0.392 e. The Morgan fingerprint density at radius 3 is 2.94 bits per heavy atom. The van der Waals surface area contributed by atoms with E-state index in [0.717, 1.165) is 30.8 Å². The summed E-state index contributed by atoms with van der Waals surface area (Å²) >= 11 is 5.98. The quantitative estimate of drug-likeness (QED) is 0.916. The van der Waals surface area contributed by atoms with E-state index >= 15 is 0 Å². The van der Waals surface area contributed by atoms with Crippen molar-refractivity contribution < 1.29 is 9.84 Å². The second kappa shape index (κ2) is 5.91. The Morgan fingerprint density at radius 1 is 1.50 bits per heavy atom. The fraction of sp³-hybridized carbons (Fsp3) is 0.571. The van der Waals surface area contributed by atoms with Gasteiger partial charge in [0.1, 0.15) is 0 Å². The van der Waals surface area contributed by atoms with Gasteiger partial charge in [-0.1, -0.05) is 18.5 Å². The molecular formula is C14H20ClNO2. The minimum absolute atomic E-state index is 0.0120. The van der Waals surface area contributed by atoms with Crippen molar-refractivity contribution in [3.63, 3.8) is 0 Å². The van der Waals surface area contributed by atoms with Crippen molar-refractivity contribution in [2.24, 2.45) is 0 Å². The Balaban J connectivity index is 2.32. The number of hydrogen-bond donors (Lipinski definition) is 1. The third-order valence-corrected chi connectivity index (χ3v) is 3.70. The zero-order chi connectivity index (χ0) is 13.1. The second-order valence-electron chi connectivity index (χ2n) is 4.79. The van der Waals surface area contributed by atoms with E-state index in [2.05, 4.69) is 18.7 Å². The molecule has 0 spiro atoms. The average Bonchev–Trinajstić information content (AvgIpc) is 2.38. The number of nitrogens with zero attached hydrogens (tertiary/aromatic N) is 1. The van der Waals surface area contributed by atoms with Crippen LogP contribution in [0.15, 0.2) is 18.2 Å². The summed E-state index contributed by atoms with van der Waals surface area (Å²) in [5.74, 6) is 0. The standard InChI is InChI=1S/C14H20ClNO2/c1-3-13-9-18-10(2)7-16(13)14-5-4-12(15)6-11(14)8-17/h4-6,10,13,17H,3,7-9H2,1-2H3. The molecule has 100 valence electrons. The van der Waals surface area contributed by atoms with E-state index in [1.165, 1.54) is 0 Å². The predicted molar refractivity (Wildman–Crippen MR) is 74.2 cm³/mol.